The number of allylic oxidation sites excluding steroid dienone is 11. The second-order valence-corrected chi connectivity index (χ2v) is 40.6. The van der Waals surface area contributed by atoms with Gasteiger partial charge in [0.2, 0.25) is 0 Å². The Morgan fingerprint density at radius 2 is 0.729 bits per heavy atom. The lowest BCUT2D eigenvalue weighted by Crippen LogP contribution is -2.62. The van der Waals surface area contributed by atoms with Crippen LogP contribution in [0.1, 0.15) is 149 Å². The number of para-hydroxylation sites is 5. The lowest BCUT2D eigenvalue weighted by molar-refractivity contribution is 0.482. The van der Waals surface area contributed by atoms with Crippen molar-refractivity contribution in [3.05, 3.63) is 426 Å². The van der Waals surface area contributed by atoms with Gasteiger partial charge in [-0.15, -0.1) is 0 Å². The van der Waals surface area contributed by atoms with Gasteiger partial charge in [0.15, 0.2) is 0 Å². The topological polar surface area (TPSA) is 16.3 Å². The van der Waals surface area contributed by atoms with Crippen molar-refractivity contribution in [2.45, 2.75) is 131 Å². The van der Waals surface area contributed by atoms with Crippen molar-refractivity contribution in [1.82, 2.24) is 9.13 Å². The van der Waals surface area contributed by atoms with E-state index in [1.807, 2.05) is 0 Å². The zero-order chi connectivity index (χ0) is 87.9. The van der Waals surface area contributed by atoms with E-state index < -0.39 is 0 Å². The van der Waals surface area contributed by atoms with Gasteiger partial charge in [-0.3, -0.25) is 0 Å². The summed E-state index contributed by atoms with van der Waals surface area (Å²) in [5, 5.41) is 4.91. The normalized spacial score (nSPS) is 15.3. The molecule has 0 radical (unpaired) electrons. The number of nitrogens with zero attached hydrogens (tertiary/aromatic N) is 4. The summed E-state index contributed by atoms with van der Waals surface area (Å²) in [6.45, 7) is 27.6. The van der Waals surface area contributed by atoms with Crippen molar-refractivity contribution in [2.75, 3.05) is 9.80 Å². The zero-order valence-electron chi connectivity index (χ0n) is 76.3. The van der Waals surface area contributed by atoms with Gasteiger partial charge in [-0.25, -0.2) is 0 Å². The Kier molecular flexibility index (Phi) is 19.7. The molecule has 0 spiro atoms. The third kappa shape index (κ3) is 14.3. The predicted molar refractivity (Wildman–Crippen MR) is 553 cm³/mol. The molecule has 22 rings (SSSR count). The van der Waals surface area contributed by atoms with E-state index in [-0.39, 0.29) is 34.3 Å². The lowest BCUT2D eigenvalue weighted by atomic mass is 9.33. The Hall–Kier alpha value is -14.0. The first-order chi connectivity index (χ1) is 62.5. The van der Waals surface area contributed by atoms with E-state index in [2.05, 4.69) is 478 Å². The van der Waals surface area contributed by atoms with Crippen LogP contribution < -0.4 is 26.2 Å². The molecule has 2 aliphatic heterocycles. The number of hydrogen-bond donors (Lipinski definition) is 0. The van der Waals surface area contributed by atoms with E-state index in [0.717, 1.165) is 116 Å². The van der Waals surface area contributed by atoms with Crippen LogP contribution in [0, 0.1) is 11.3 Å². The fourth-order valence-corrected chi connectivity index (χ4v) is 21.6. The van der Waals surface area contributed by atoms with Crippen LogP contribution in [-0.2, 0) is 16.2 Å². The molecule has 5 heteroatoms. The van der Waals surface area contributed by atoms with Gasteiger partial charge in [-0.2, -0.15) is 0 Å². The van der Waals surface area contributed by atoms with Gasteiger partial charge in [0.25, 0.3) is 6.71 Å². The van der Waals surface area contributed by atoms with Crippen LogP contribution >= 0.6 is 0 Å². The number of fused-ring (bicyclic) bond motifs is 10. The molecule has 4 heterocycles. The molecule has 0 saturated carbocycles. The van der Waals surface area contributed by atoms with Crippen LogP contribution in [0.25, 0.3) is 127 Å². The van der Waals surface area contributed by atoms with Gasteiger partial charge in [-0.1, -0.05) is 386 Å². The fraction of sp³-hybridized carbons (Fsp3) is 0.177. The quantitative estimate of drug-likeness (QED) is 0.107. The van der Waals surface area contributed by atoms with Crippen LogP contribution in [0.15, 0.2) is 393 Å². The highest BCUT2D eigenvalue weighted by Gasteiger charge is 2.47. The molecule has 129 heavy (non-hydrogen) atoms. The molecule has 628 valence electrons. The van der Waals surface area contributed by atoms with E-state index in [9.17, 15) is 0 Å². The van der Waals surface area contributed by atoms with Crippen molar-refractivity contribution in [3.63, 3.8) is 0 Å². The predicted octanol–water partition coefficient (Wildman–Crippen LogP) is 31.8. The fourth-order valence-electron chi connectivity index (χ4n) is 21.6. The minimum absolute atomic E-state index is 0.00121. The Morgan fingerprint density at radius 3 is 1.22 bits per heavy atom. The van der Waals surface area contributed by atoms with Crippen LogP contribution in [0.3, 0.4) is 0 Å². The number of anilines is 5. The van der Waals surface area contributed by atoms with Gasteiger partial charge in [-0.05, 0) is 249 Å². The monoisotopic (exact) mass is 1660 g/mol. The SMILES string of the molecule is CC(C)(C)C1=CC=C(c2cccc(-c3cccc(-c4cccc(-c5ccc(C(C)(C)C)cc5)c4)c3N3c4cc(-n5c6ccccc6c6ccccc65)ccc4B4c5ccc(-n6c7ccccc7c7ccccc76)cc5N(C5=C(c6cccc(-c7ccc(C(C)(C)C)cc7)c6)CCC=C5C5C=CC=C(c6ccc(C(C)(C)C)cc6)C5)c5cc(-c6ccccc6)cc3c54)c2)CC1. The average molecular weight is 1670 g/mol. The summed E-state index contributed by atoms with van der Waals surface area (Å²) in [5.41, 5.74) is 43.7. The highest BCUT2D eigenvalue weighted by molar-refractivity contribution is 7.00. The molecule has 4 nitrogen and oxygen atoms in total. The molecule has 15 aromatic carbocycles. The largest absolute Gasteiger partial charge is 0.311 e. The Balaban J connectivity index is 0.869. The number of benzene rings is 15. The van der Waals surface area contributed by atoms with E-state index in [1.165, 1.54) is 138 Å². The van der Waals surface area contributed by atoms with Gasteiger partial charge in [0.05, 0.1) is 33.5 Å². The summed E-state index contributed by atoms with van der Waals surface area (Å²) in [6, 6.07) is 132. The number of hydrogen-bond acceptors (Lipinski definition) is 2. The minimum atomic E-state index is -0.293. The molecule has 0 saturated heterocycles. The van der Waals surface area contributed by atoms with Crippen molar-refractivity contribution in [2.24, 2.45) is 11.3 Å². The maximum absolute atomic E-state index is 2.83. The van der Waals surface area contributed by atoms with E-state index in [0.29, 0.717) is 0 Å². The summed E-state index contributed by atoms with van der Waals surface area (Å²) in [7, 11) is 0. The summed E-state index contributed by atoms with van der Waals surface area (Å²) < 4.78 is 5.07. The molecule has 0 fully saturated rings. The Labute approximate surface area is 761 Å². The number of aromatic nitrogens is 2. The van der Waals surface area contributed by atoms with Crippen LogP contribution in [0.4, 0.5) is 28.4 Å². The molecule has 17 aromatic rings. The number of rotatable bonds is 13. The van der Waals surface area contributed by atoms with Gasteiger partial charge < -0.3 is 18.9 Å². The van der Waals surface area contributed by atoms with Gasteiger partial charge >= 0.3 is 0 Å². The van der Waals surface area contributed by atoms with Crippen molar-refractivity contribution < 1.29 is 0 Å². The maximum Gasteiger partial charge on any atom is 0.252 e. The Bertz CT molecular complexity index is 7480. The minimum Gasteiger partial charge on any atom is -0.311 e. The summed E-state index contributed by atoms with van der Waals surface area (Å²) in [5.74, 6) is -0.00430. The van der Waals surface area contributed by atoms with Gasteiger partial charge in [0, 0.05) is 72.7 Å². The molecule has 0 N–H and O–H groups in total. The highest BCUT2D eigenvalue weighted by atomic mass is 15.2. The third-order valence-electron chi connectivity index (χ3n) is 28.4. The van der Waals surface area contributed by atoms with E-state index >= 15 is 0 Å². The van der Waals surface area contributed by atoms with E-state index in [4.69, 9.17) is 0 Å². The van der Waals surface area contributed by atoms with Crippen molar-refractivity contribution in [1.29, 1.82) is 0 Å². The second-order valence-electron chi connectivity index (χ2n) is 40.6. The molecule has 2 aromatic heterocycles. The maximum atomic E-state index is 2.83. The molecule has 5 aliphatic rings. The first-order valence-corrected chi connectivity index (χ1v) is 46.6. The third-order valence-corrected chi connectivity index (χ3v) is 28.4. The lowest BCUT2D eigenvalue weighted by Gasteiger charge is -2.47. The van der Waals surface area contributed by atoms with Crippen molar-refractivity contribution >= 4 is 112 Å². The highest BCUT2D eigenvalue weighted by Crippen LogP contribution is 2.56. The summed E-state index contributed by atoms with van der Waals surface area (Å²) in [6.07, 6.45) is 19.3. The first kappa shape index (κ1) is 80.8. The molecule has 1 unspecified atom stereocenters. The van der Waals surface area contributed by atoms with Gasteiger partial charge in [0.1, 0.15) is 0 Å². The molecule has 3 aliphatic carbocycles. The molecule has 0 bridgehead atoms. The zero-order valence-corrected chi connectivity index (χ0v) is 76.3. The van der Waals surface area contributed by atoms with Crippen molar-refractivity contribution in [3.8, 4) is 67.0 Å². The van der Waals surface area contributed by atoms with E-state index in [1.54, 1.807) is 0 Å². The van der Waals surface area contributed by atoms with Crippen LogP contribution in [0.5, 0.6) is 0 Å². The second kappa shape index (κ2) is 31.5. The smallest absolute Gasteiger partial charge is 0.252 e. The molecular weight excluding hydrogens is 1560 g/mol. The summed E-state index contributed by atoms with van der Waals surface area (Å²) >= 11 is 0. The van der Waals surface area contributed by atoms with Crippen LogP contribution in [0.2, 0.25) is 0 Å². The first-order valence-electron chi connectivity index (χ1n) is 46.6. The Morgan fingerprint density at radius 1 is 0.302 bits per heavy atom. The molecular formula is C124H109BN4. The summed E-state index contributed by atoms with van der Waals surface area (Å²) in [4.78, 5) is 5.61. The molecule has 1 atom stereocenters. The standard InChI is InChI=1S/C124H109BN4/c1-121(2,3)94-60-52-81(53-61-94)85-32-24-36-89(72-85)100-44-28-45-101(90-37-25-33-86(73-90)82-54-62-95(63-55-82)122(4,5)6)119(100)128-114-78-98(126-110-48-20-16-40-104(110)105-41-17-21-49-111(105)126)68-70-108(114)125-109-71-69-99(127-112-50-22-18-42-106(112)107-43-19-23-51-113(107)127)79-115(109)129(117-77-93(76-116(128)118(117)125)80-30-14-13-15-31-80)120-102(91-38-26-34-87(74-91)83-56-64-96(65-57-83)123(7,8)9)46-29-47-103(120)92-39-27-35-88(75-92)84-58-66-97(67-59-84)124(10,11)12/h13-28,30-46,48-54,56-62,64-73,75-79,91H,29,47,55,63,74H2,1-12H3. The van der Waals surface area contributed by atoms with Crippen LogP contribution in [-0.4, -0.2) is 15.8 Å². The average Bonchev–Trinajstić information content (AvgIpc) is 1.13. The molecule has 0 amide bonds.